The number of aromatic amines is 1. The van der Waals surface area contributed by atoms with Gasteiger partial charge in [0.05, 0.1) is 58.3 Å². The molecule has 2 aromatic carbocycles. The number of carboxylic acids is 1. The van der Waals surface area contributed by atoms with Gasteiger partial charge in [-0.3, -0.25) is 20.7 Å². The first-order valence-electron chi connectivity index (χ1n) is 21.9. The molecule has 17 heteroatoms. The van der Waals surface area contributed by atoms with Crippen molar-refractivity contribution in [1.82, 2.24) is 40.7 Å². The maximum atomic E-state index is 12.3. The number of carbonyl (C=O) groups is 1. The summed E-state index contributed by atoms with van der Waals surface area (Å²) in [5, 5.41) is 61.1. The lowest BCUT2D eigenvalue weighted by Gasteiger charge is -2.66. The van der Waals surface area contributed by atoms with Crippen LogP contribution in [0.3, 0.4) is 0 Å². The largest absolute Gasteiger partial charge is 0.478 e. The van der Waals surface area contributed by atoms with Gasteiger partial charge >= 0.3 is 5.97 Å². The fourth-order valence-corrected chi connectivity index (χ4v) is 9.12. The van der Waals surface area contributed by atoms with E-state index in [0.717, 1.165) is 22.7 Å². The van der Waals surface area contributed by atoms with Gasteiger partial charge in [-0.15, -0.1) is 5.11 Å². The van der Waals surface area contributed by atoms with Crippen LogP contribution in [0.1, 0.15) is 111 Å². The molecule has 0 saturated heterocycles. The van der Waals surface area contributed by atoms with Crippen LogP contribution >= 0.6 is 11.6 Å². The summed E-state index contributed by atoms with van der Waals surface area (Å²) in [7, 11) is 0. The Morgan fingerprint density at radius 1 is 0.937 bits per heavy atom. The summed E-state index contributed by atoms with van der Waals surface area (Å²) < 4.78 is 0. The molecule has 0 aliphatic carbocycles. The molecule has 4 aromatic rings. The Morgan fingerprint density at radius 2 is 1.62 bits per heavy atom. The first kappa shape index (κ1) is 47.2. The van der Waals surface area contributed by atoms with Gasteiger partial charge in [-0.1, -0.05) is 111 Å². The number of fused-ring (bicyclic) bond motifs is 2. The summed E-state index contributed by atoms with van der Waals surface area (Å²) in [6.45, 7) is 24.6. The van der Waals surface area contributed by atoms with Gasteiger partial charge in [-0.2, -0.15) is 10.2 Å². The summed E-state index contributed by atoms with van der Waals surface area (Å²) in [5.74, 6) is -2.85. The Bertz CT molecular complexity index is 2350. The third kappa shape index (κ3) is 8.45. The number of aromatic carboxylic acids is 1. The number of nitrogens with one attached hydrogen (secondary N) is 4. The van der Waals surface area contributed by atoms with E-state index in [1.807, 2.05) is 49.2 Å². The van der Waals surface area contributed by atoms with Gasteiger partial charge in [0.2, 0.25) is 5.95 Å². The van der Waals surface area contributed by atoms with Crippen molar-refractivity contribution < 1.29 is 20.1 Å². The molecule has 0 spiro atoms. The quantitative estimate of drug-likeness (QED) is 0.0444. The smallest absolute Gasteiger partial charge is 0.337 e. The van der Waals surface area contributed by atoms with E-state index in [1.54, 1.807) is 18.3 Å². The van der Waals surface area contributed by atoms with E-state index in [4.69, 9.17) is 31.8 Å². The van der Waals surface area contributed by atoms with Crippen LogP contribution in [0, 0.1) is 23.7 Å². The van der Waals surface area contributed by atoms with E-state index in [0.29, 0.717) is 34.8 Å². The van der Waals surface area contributed by atoms with Crippen molar-refractivity contribution in [3.05, 3.63) is 99.5 Å². The minimum atomic E-state index is -1.72. The third-order valence-corrected chi connectivity index (χ3v) is 12.6. The van der Waals surface area contributed by atoms with E-state index in [2.05, 4.69) is 105 Å². The zero-order chi connectivity index (χ0) is 46.1. The number of hydrogen-bond donors (Lipinski definition) is 7. The molecule has 0 bridgehead atoms. The molecule has 63 heavy (non-hydrogen) atoms. The summed E-state index contributed by atoms with van der Waals surface area (Å²) in [6.07, 6.45) is 1.73. The van der Waals surface area contributed by atoms with Crippen LogP contribution in [0.4, 0.5) is 11.6 Å². The number of allylic oxidation sites excluding steroid dienone is 1. The van der Waals surface area contributed by atoms with Crippen LogP contribution in [-0.4, -0.2) is 88.1 Å². The molecule has 340 valence electrons. The van der Waals surface area contributed by atoms with Crippen molar-refractivity contribution in [1.29, 1.82) is 0 Å². The van der Waals surface area contributed by atoms with Crippen molar-refractivity contribution in [2.24, 2.45) is 33.9 Å². The number of H-pyrrole nitrogens is 1. The molecular weight excluding hydrogens is 820 g/mol. The summed E-state index contributed by atoms with van der Waals surface area (Å²) in [6, 6.07) is 13.7. The summed E-state index contributed by atoms with van der Waals surface area (Å²) >= 11 is 6.74. The molecule has 0 amide bonds. The minimum Gasteiger partial charge on any atom is -0.478 e. The first-order chi connectivity index (χ1) is 29.8. The molecule has 0 radical (unpaired) electrons. The highest BCUT2D eigenvalue weighted by Gasteiger charge is 2.64. The molecule has 2 atom stereocenters. The maximum absolute atomic E-state index is 12.3. The number of hydrazine groups is 1. The Morgan fingerprint density at radius 3 is 2.16 bits per heavy atom. The van der Waals surface area contributed by atoms with Crippen molar-refractivity contribution in [3.8, 4) is 0 Å². The SMILES string of the molecule is CC(C)C1=C2C(=C(NCc3ccccc3)N(Nc3ccc(C(=O)O)c(Cl)c3)[C@@](NC(CO)C(C)C)(N(c3ncc4[nH]nc(C(C)C)c4n3)C(CO)(C(C)C)C(C)C)N2C(C)C)N=N1. The van der Waals surface area contributed by atoms with Crippen LogP contribution in [0.2, 0.25) is 5.02 Å². The van der Waals surface area contributed by atoms with Crippen LogP contribution < -0.4 is 21.0 Å². The minimum absolute atomic E-state index is 0.0119. The number of anilines is 2. The Labute approximate surface area is 375 Å². The number of nitrogens with zero attached hydrogens (tertiary/aromatic N) is 8. The van der Waals surface area contributed by atoms with Crippen LogP contribution in [-0.2, 0) is 6.54 Å². The molecule has 0 fully saturated rings. The van der Waals surface area contributed by atoms with Crippen LogP contribution in [0.15, 0.2) is 87.9 Å². The van der Waals surface area contributed by atoms with Crippen molar-refractivity contribution in [2.75, 3.05) is 23.5 Å². The number of halogens is 1. The summed E-state index contributed by atoms with van der Waals surface area (Å²) in [4.78, 5) is 27.1. The molecule has 7 N–H and O–H groups in total. The third-order valence-electron chi connectivity index (χ3n) is 12.3. The lowest BCUT2D eigenvalue weighted by molar-refractivity contribution is -0.111. The standard InChI is InChI=1S/C46H65ClN12O4/c1-25(2)36(23-60)51-46(58(45(24-61,28(7)8)29(9)10)44-49-22-35-39(50-44)37(26(3)4)53-52-35)57(30(11)12)41-38(27(5)6)54-55-40(41)42(48-21-31-16-14-13-15-17-31)59(46)56-32-18-19-33(43(62)63)34(47)20-32/h13-20,22,25-30,36,48,51,56,60-61H,21,23-24H2,1-12H3,(H,52,53)(H,62,63)/t36?,46-/m1/s1. The van der Waals surface area contributed by atoms with E-state index >= 15 is 0 Å². The van der Waals surface area contributed by atoms with E-state index in [-0.39, 0.29) is 65.4 Å². The van der Waals surface area contributed by atoms with Crippen LogP contribution in [0.25, 0.3) is 11.0 Å². The highest BCUT2D eigenvalue weighted by atomic mass is 35.5. The molecule has 6 rings (SSSR count). The van der Waals surface area contributed by atoms with Gasteiger partial charge in [0.25, 0.3) is 5.91 Å². The second-order valence-corrected chi connectivity index (χ2v) is 18.7. The number of carboxylic acid groups (broad SMARTS) is 1. The molecule has 2 aromatic heterocycles. The van der Waals surface area contributed by atoms with Gasteiger partial charge in [0.15, 0.2) is 11.5 Å². The van der Waals surface area contributed by atoms with Gasteiger partial charge in [-0.05, 0) is 67.2 Å². The predicted octanol–water partition coefficient (Wildman–Crippen LogP) is 8.24. The van der Waals surface area contributed by atoms with E-state index in [9.17, 15) is 20.1 Å². The second-order valence-electron chi connectivity index (χ2n) is 18.3. The Balaban J connectivity index is 1.87. The zero-order valence-electron chi connectivity index (χ0n) is 38.6. The Kier molecular flexibility index (Phi) is 14.1. The Hall–Kier alpha value is -5.29. The van der Waals surface area contributed by atoms with E-state index in [1.165, 1.54) is 6.07 Å². The number of aromatic nitrogens is 4. The highest BCUT2D eigenvalue weighted by Crippen LogP contribution is 2.51. The molecule has 4 heterocycles. The molecular formula is C46H65ClN12O4. The molecule has 0 saturated carbocycles. The maximum Gasteiger partial charge on any atom is 0.337 e. The first-order valence-corrected chi connectivity index (χ1v) is 22.3. The van der Waals surface area contributed by atoms with E-state index < -0.39 is 23.5 Å². The predicted molar refractivity (Wildman–Crippen MR) is 247 cm³/mol. The van der Waals surface area contributed by atoms with Crippen molar-refractivity contribution >= 4 is 40.2 Å². The number of azo groups is 1. The molecule has 2 aliphatic heterocycles. The second kappa shape index (κ2) is 18.8. The molecule has 2 aliphatic rings. The number of hydrogen-bond acceptors (Lipinski definition) is 14. The average Bonchev–Trinajstić information content (AvgIpc) is 3.86. The fraction of sp³-hybridized carbons (Fsp3) is 0.522. The number of benzene rings is 2. The number of aliphatic hydroxyl groups excluding tert-OH is 2. The number of aliphatic hydroxyl groups is 2. The van der Waals surface area contributed by atoms with Gasteiger partial charge < -0.3 is 25.5 Å². The van der Waals surface area contributed by atoms with Crippen molar-refractivity contribution in [3.63, 3.8) is 0 Å². The fourth-order valence-electron chi connectivity index (χ4n) is 8.86. The van der Waals surface area contributed by atoms with Crippen LogP contribution in [0.5, 0.6) is 0 Å². The molecule has 16 nitrogen and oxygen atoms in total. The zero-order valence-corrected chi connectivity index (χ0v) is 39.3. The van der Waals surface area contributed by atoms with Gasteiger partial charge in [0, 0.05) is 18.6 Å². The lowest BCUT2D eigenvalue weighted by atomic mass is 9.75. The van der Waals surface area contributed by atoms with Crippen molar-refractivity contribution in [2.45, 2.75) is 119 Å². The topological polar surface area (TPSA) is 203 Å². The average molecular weight is 886 g/mol. The normalized spacial score (nSPS) is 17.5. The van der Waals surface area contributed by atoms with Gasteiger partial charge in [-0.25, -0.2) is 19.8 Å². The summed E-state index contributed by atoms with van der Waals surface area (Å²) in [5.41, 5.74) is 7.95. The lowest BCUT2D eigenvalue weighted by Crippen LogP contribution is -2.87. The monoisotopic (exact) mass is 884 g/mol. The highest BCUT2D eigenvalue weighted by molar-refractivity contribution is 6.33. The van der Waals surface area contributed by atoms with Gasteiger partial charge in [0.1, 0.15) is 11.0 Å². The number of rotatable bonds is 19. The molecule has 1 unspecified atom stereocenters.